The fourth-order valence-electron chi connectivity index (χ4n) is 2.90. The molecule has 23 heavy (non-hydrogen) atoms. The number of aryl methyl sites for hydroxylation is 1. The van der Waals surface area contributed by atoms with Gasteiger partial charge in [0.25, 0.3) is 5.91 Å². The third-order valence-electron chi connectivity index (χ3n) is 4.20. The number of carbonyl (C=O) groups is 2. The van der Waals surface area contributed by atoms with Crippen molar-refractivity contribution in [3.05, 3.63) is 29.3 Å². The number of benzene rings is 1. The molecule has 1 amide bonds. The van der Waals surface area contributed by atoms with Crippen LogP contribution in [0.3, 0.4) is 0 Å². The molecule has 1 saturated heterocycles. The smallest absolute Gasteiger partial charge is 0.303 e. The summed E-state index contributed by atoms with van der Waals surface area (Å²) in [6.45, 7) is 2.69. The number of rotatable bonds is 4. The second-order valence-electron chi connectivity index (χ2n) is 6.09. The SMILES string of the molecule is Cc1ccc(C(=O)N2CCC(CC(=O)O)CC2)cc1S(C)(=O)=O. The van der Waals surface area contributed by atoms with E-state index >= 15 is 0 Å². The van der Waals surface area contributed by atoms with Gasteiger partial charge < -0.3 is 10.0 Å². The summed E-state index contributed by atoms with van der Waals surface area (Å²) in [6, 6.07) is 4.70. The molecule has 1 aliphatic rings. The normalized spacial score (nSPS) is 16.3. The fourth-order valence-corrected chi connectivity index (χ4v) is 3.90. The number of amides is 1. The molecule has 0 spiro atoms. The molecule has 1 N–H and O–H groups in total. The van der Waals surface area contributed by atoms with E-state index in [2.05, 4.69) is 0 Å². The van der Waals surface area contributed by atoms with Crippen LogP contribution >= 0.6 is 0 Å². The maximum Gasteiger partial charge on any atom is 0.303 e. The first-order chi connectivity index (χ1) is 10.7. The molecule has 0 saturated carbocycles. The van der Waals surface area contributed by atoms with Crippen LogP contribution in [-0.4, -0.2) is 49.6 Å². The number of hydrogen-bond donors (Lipinski definition) is 1. The van der Waals surface area contributed by atoms with Gasteiger partial charge in [-0.15, -0.1) is 0 Å². The lowest BCUT2D eigenvalue weighted by atomic mass is 9.93. The Hall–Kier alpha value is -1.89. The van der Waals surface area contributed by atoms with E-state index < -0.39 is 15.8 Å². The van der Waals surface area contributed by atoms with Crippen LogP contribution in [0.4, 0.5) is 0 Å². The Kier molecular flexibility index (Phi) is 5.09. The van der Waals surface area contributed by atoms with Crippen LogP contribution in [0.1, 0.15) is 35.2 Å². The third-order valence-corrected chi connectivity index (χ3v) is 5.44. The van der Waals surface area contributed by atoms with Gasteiger partial charge in [0.15, 0.2) is 9.84 Å². The first-order valence-corrected chi connectivity index (χ1v) is 9.39. The number of sulfone groups is 1. The van der Waals surface area contributed by atoms with Crippen molar-refractivity contribution in [3.63, 3.8) is 0 Å². The lowest BCUT2D eigenvalue weighted by Crippen LogP contribution is -2.39. The van der Waals surface area contributed by atoms with E-state index in [4.69, 9.17) is 5.11 Å². The highest BCUT2D eigenvalue weighted by molar-refractivity contribution is 7.90. The molecule has 7 heteroatoms. The van der Waals surface area contributed by atoms with E-state index in [0.717, 1.165) is 6.26 Å². The van der Waals surface area contributed by atoms with E-state index in [0.29, 0.717) is 37.1 Å². The topological polar surface area (TPSA) is 91.8 Å². The van der Waals surface area contributed by atoms with Crippen molar-refractivity contribution in [1.82, 2.24) is 4.90 Å². The Bertz CT molecular complexity index is 718. The van der Waals surface area contributed by atoms with Crippen LogP contribution in [-0.2, 0) is 14.6 Å². The van der Waals surface area contributed by atoms with Crippen LogP contribution in [0, 0.1) is 12.8 Å². The zero-order valence-corrected chi connectivity index (χ0v) is 14.1. The third kappa shape index (κ3) is 4.31. The molecule has 1 fully saturated rings. The summed E-state index contributed by atoms with van der Waals surface area (Å²) >= 11 is 0. The van der Waals surface area contributed by atoms with Gasteiger partial charge in [-0.25, -0.2) is 8.42 Å². The Morgan fingerprint density at radius 3 is 2.39 bits per heavy atom. The van der Waals surface area contributed by atoms with Crippen molar-refractivity contribution in [1.29, 1.82) is 0 Å². The predicted octanol–water partition coefficient (Wildman–Crippen LogP) is 1.73. The van der Waals surface area contributed by atoms with Gasteiger partial charge in [0.2, 0.25) is 0 Å². The minimum Gasteiger partial charge on any atom is -0.481 e. The van der Waals surface area contributed by atoms with Crippen molar-refractivity contribution in [2.45, 2.75) is 31.1 Å². The van der Waals surface area contributed by atoms with Gasteiger partial charge in [0.05, 0.1) is 4.90 Å². The Morgan fingerprint density at radius 2 is 1.87 bits per heavy atom. The van der Waals surface area contributed by atoms with Gasteiger partial charge in [0.1, 0.15) is 0 Å². The van der Waals surface area contributed by atoms with Crippen LogP contribution < -0.4 is 0 Å². The van der Waals surface area contributed by atoms with E-state index in [-0.39, 0.29) is 23.1 Å². The van der Waals surface area contributed by atoms with Crippen molar-refractivity contribution in [2.75, 3.05) is 19.3 Å². The summed E-state index contributed by atoms with van der Waals surface area (Å²) in [4.78, 5) is 25.1. The maximum atomic E-state index is 12.5. The summed E-state index contributed by atoms with van der Waals surface area (Å²) in [6.07, 6.45) is 2.57. The molecule has 1 aromatic carbocycles. The van der Waals surface area contributed by atoms with Crippen molar-refractivity contribution < 1.29 is 23.1 Å². The monoisotopic (exact) mass is 339 g/mol. The summed E-state index contributed by atoms with van der Waals surface area (Å²) in [5, 5.41) is 8.81. The molecule has 0 atom stereocenters. The Balaban J connectivity index is 2.12. The molecule has 0 aliphatic carbocycles. The largest absolute Gasteiger partial charge is 0.481 e. The van der Waals surface area contributed by atoms with Gasteiger partial charge in [-0.1, -0.05) is 6.07 Å². The number of carboxylic acid groups (broad SMARTS) is 1. The predicted molar refractivity (Wildman–Crippen MR) is 85.2 cm³/mol. The van der Waals surface area contributed by atoms with Crippen molar-refractivity contribution in [3.8, 4) is 0 Å². The molecule has 126 valence electrons. The summed E-state index contributed by atoms with van der Waals surface area (Å²) < 4.78 is 23.5. The van der Waals surface area contributed by atoms with E-state index in [1.807, 2.05) is 0 Å². The molecule has 0 bridgehead atoms. The second kappa shape index (κ2) is 6.70. The van der Waals surface area contributed by atoms with Gasteiger partial charge in [-0.2, -0.15) is 0 Å². The van der Waals surface area contributed by atoms with Crippen molar-refractivity contribution in [2.24, 2.45) is 5.92 Å². The Labute approximate surface area is 136 Å². The molecule has 1 heterocycles. The van der Waals surface area contributed by atoms with Crippen LogP contribution in [0.25, 0.3) is 0 Å². The van der Waals surface area contributed by atoms with Crippen LogP contribution in [0.2, 0.25) is 0 Å². The van der Waals surface area contributed by atoms with Gasteiger partial charge in [0, 0.05) is 31.3 Å². The summed E-state index contributed by atoms with van der Waals surface area (Å²) in [5.74, 6) is -0.920. The molecule has 1 aliphatic heterocycles. The average Bonchev–Trinajstić information content (AvgIpc) is 2.46. The minimum atomic E-state index is -3.38. The lowest BCUT2D eigenvalue weighted by molar-refractivity contribution is -0.138. The number of carboxylic acids is 1. The van der Waals surface area contributed by atoms with Crippen molar-refractivity contribution >= 4 is 21.7 Å². The van der Waals surface area contributed by atoms with E-state index in [1.165, 1.54) is 6.07 Å². The standard InChI is InChI=1S/C16H21NO5S/c1-11-3-4-13(10-14(11)23(2,21)22)16(20)17-7-5-12(6-8-17)9-15(18)19/h3-4,10,12H,5-9H2,1-2H3,(H,18,19). The van der Waals surface area contributed by atoms with Gasteiger partial charge >= 0.3 is 5.97 Å². The number of hydrogen-bond acceptors (Lipinski definition) is 4. The number of aliphatic carboxylic acids is 1. The molecule has 1 aromatic rings. The first kappa shape index (κ1) is 17.5. The molecule has 0 unspecified atom stereocenters. The number of carbonyl (C=O) groups excluding carboxylic acids is 1. The highest BCUT2D eigenvalue weighted by atomic mass is 32.2. The fraction of sp³-hybridized carbons (Fsp3) is 0.500. The quantitative estimate of drug-likeness (QED) is 0.902. The van der Waals surface area contributed by atoms with E-state index in [9.17, 15) is 18.0 Å². The number of piperidine rings is 1. The highest BCUT2D eigenvalue weighted by Crippen LogP contribution is 2.23. The molecular formula is C16H21NO5S. The molecular weight excluding hydrogens is 318 g/mol. The van der Waals surface area contributed by atoms with Crippen LogP contribution in [0.15, 0.2) is 23.1 Å². The highest BCUT2D eigenvalue weighted by Gasteiger charge is 2.25. The van der Waals surface area contributed by atoms with Crippen LogP contribution in [0.5, 0.6) is 0 Å². The van der Waals surface area contributed by atoms with E-state index in [1.54, 1.807) is 24.0 Å². The molecule has 0 aromatic heterocycles. The summed E-state index contributed by atoms with van der Waals surface area (Å²) in [7, 11) is -3.38. The lowest BCUT2D eigenvalue weighted by Gasteiger charge is -2.31. The molecule has 0 radical (unpaired) electrons. The average molecular weight is 339 g/mol. The molecule has 2 rings (SSSR count). The zero-order valence-electron chi connectivity index (χ0n) is 13.3. The maximum absolute atomic E-state index is 12.5. The Morgan fingerprint density at radius 1 is 1.26 bits per heavy atom. The minimum absolute atomic E-state index is 0.0983. The number of likely N-dealkylation sites (tertiary alicyclic amines) is 1. The van der Waals surface area contributed by atoms with Gasteiger partial charge in [-0.05, 0) is 43.4 Å². The second-order valence-corrected chi connectivity index (χ2v) is 8.07. The first-order valence-electron chi connectivity index (χ1n) is 7.50. The molecule has 6 nitrogen and oxygen atoms in total. The number of nitrogens with zero attached hydrogens (tertiary/aromatic N) is 1. The summed E-state index contributed by atoms with van der Waals surface area (Å²) in [5.41, 5.74) is 0.969. The van der Waals surface area contributed by atoms with Gasteiger partial charge in [-0.3, -0.25) is 9.59 Å². The zero-order chi connectivity index (χ0) is 17.2.